The third kappa shape index (κ3) is 5.71. The Morgan fingerprint density at radius 2 is 1.94 bits per heavy atom. The van der Waals surface area contributed by atoms with Gasteiger partial charge in [-0.05, 0) is 30.0 Å². The molecule has 2 atom stereocenters. The minimum atomic E-state index is 0.225. The summed E-state index contributed by atoms with van der Waals surface area (Å²) < 4.78 is 8.13. The lowest BCUT2D eigenvalue weighted by Crippen LogP contribution is -2.12. The summed E-state index contributed by atoms with van der Waals surface area (Å²) in [6.07, 6.45) is 2.70. The summed E-state index contributed by atoms with van der Waals surface area (Å²) in [5.41, 5.74) is 1.27. The first kappa shape index (κ1) is 15.4. The quantitative estimate of drug-likeness (QED) is 0.433. The fraction of sp³-hybridized carbons (Fsp3) is 0.571. The third-order valence-corrected chi connectivity index (χ3v) is 4.07. The highest BCUT2D eigenvalue weighted by molar-refractivity contribution is 14.1. The van der Waals surface area contributed by atoms with Crippen LogP contribution in [-0.4, -0.2) is 11.0 Å². The standard InChI is InChI=1S/C14H20BrIO/c1-3-4-11(2)10-17-14(9-16)12-5-7-13(15)8-6-12/h5-8,11,14H,3-4,9-10H2,1-2H3. The fourth-order valence-electron chi connectivity index (χ4n) is 1.76. The average molecular weight is 411 g/mol. The molecule has 0 saturated carbocycles. The number of benzene rings is 1. The summed E-state index contributed by atoms with van der Waals surface area (Å²) in [6, 6.07) is 8.43. The van der Waals surface area contributed by atoms with Gasteiger partial charge in [0, 0.05) is 15.5 Å². The van der Waals surface area contributed by atoms with E-state index in [0.717, 1.165) is 15.5 Å². The maximum atomic E-state index is 6.01. The SMILES string of the molecule is CCCC(C)COC(CI)c1ccc(Br)cc1. The summed E-state index contributed by atoms with van der Waals surface area (Å²) >= 11 is 5.85. The molecule has 0 fully saturated rings. The van der Waals surface area contributed by atoms with E-state index in [1.54, 1.807) is 0 Å². The van der Waals surface area contributed by atoms with Gasteiger partial charge in [0.15, 0.2) is 0 Å². The number of rotatable bonds is 7. The Labute approximate surface area is 127 Å². The number of alkyl halides is 1. The lowest BCUT2D eigenvalue weighted by molar-refractivity contribution is 0.0459. The van der Waals surface area contributed by atoms with Gasteiger partial charge in [-0.15, -0.1) is 0 Å². The van der Waals surface area contributed by atoms with Crippen LogP contribution in [0.1, 0.15) is 38.4 Å². The van der Waals surface area contributed by atoms with Gasteiger partial charge in [0.2, 0.25) is 0 Å². The van der Waals surface area contributed by atoms with E-state index >= 15 is 0 Å². The average Bonchev–Trinajstić information content (AvgIpc) is 2.32. The monoisotopic (exact) mass is 410 g/mol. The van der Waals surface area contributed by atoms with E-state index in [2.05, 4.69) is 76.6 Å². The van der Waals surface area contributed by atoms with Crippen molar-refractivity contribution in [2.45, 2.75) is 32.8 Å². The van der Waals surface area contributed by atoms with Crippen molar-refractivity contribution in [3.05, 3.63) is 34.3 Å². The van der Waals surface area contributed by atoms with Crippen molar-refractivity contribution in [1.82, 2.24) is 0 Å². The summed E-state index contributed by atoms with van der Waals surface area (Å²) in [7, 11) is 0. The highest BCUT2D eigenvalue weighted by Gasteiger charge is 2.12. The van der Waals surface area contributed by atoms with Crippen molar-refractivity contribution in [3.8, 4) is 0 Å². The molecule has 0 bridgehead atoms. The van der Waals surface area contributed by atoms with Crippen molar-refractivity contribution in [2.75, 3.05) is 11.0 Å². The molecule has 0 N–H and O–H groups in total. The van der Waals surface area contributed by atoms with Gasteiger partial charge in [-0.3, -0.25) is 0 Å². The lowest BCUT2D eigenvalue weighted by Gasteiger charge is -2.19. The predicted octanol–water partition coefficient (Wildman–Crippen LogP) is 5.38. The summed E-state index contributed by atoms with van der Waals surface area (Å²) in [6.45, 7) is 5.34. The molecule has 0 aliphatic heterocycles. The van der Waals surface area contributed by atoms with E-state index in [1.807, 2.05) is 0 Å². The number of halogens is 2. The lowest BCUT2D eigenvalue weighted by atomic mass is 10.1. The van der Waals surface area contributed by atoms with Crippen LogP contribution in [0.3, 0.4) is 0 Å². The van der Waals surface area contributed by atoms with Gasteiger partial charge in [-0.1, -0.05) is 70.9 Å². The molecule has 0 aliphatic rings. The predicted molar refractivity (Wildman–Crippen MR) is 85.8 cm³/mol. The second-order valence-electron chi connectivity index (χ2n) is 4.42. The van der Waals surface area contributed by atoms with Gasteiger partial charge in [0.1, 0.15) is 0 Å². The minimum Gasteiger partial charge on any atom is -0.372 e. The maximum absolute atomic E-state index is 6.01. The largest absolute Gasteiger partial charge is 0.372 e. The number of hydrogen-bond acceptors (Lipinski definition) is 1. The van der Waals surface area contributed by atoms with E-state index in [1.165, 1.54) is 18.4 Å². The van der Waals surface area contributed by atoms with E-state index < -0.39 is 0 Å². The molecule has 1 nitrogen and oxygen atoms in total. The van der Waals surface area contributed by atoms with Crippen molar-refractivity contribution < 1.29 is 4.74 Å². The summed E-state index contributed by atoms with van der Waals surface area (Å²) in [4.78, 5) is 0. The van der Waals surface area contributed by atoms with Gasteiger partial charge in [0.25, 0.3) is 0 Å². The van der Waals surface area contributed by atoms with Crippen molar-refractivity contribution in [3.63, 3.8) is 0 Å². The molecule has 0 spiro atoms. The Hall–Kier alpha value is 0.390. The zero-order valence-electron chi connectivity index (χ0n) is 10.5. The molecule has 2 unspecified atom stereocenters. The molecule has 0 radical (unpaired) electrons. The zero-order valence-corrected chi connectivity index (χ0v) is 14.2. The molecule has 1 aromatic rings. The Morgan fingerprint density at radius 3 is 2.47 bits per heavy atom. The van der Waals surface area contributed by atoms with Crippen LogP contribution in [0.15, 0.2) is 28.7 Å². The number of hydrogen-bond donors (Lipinski definition) is 0. The van der Waals surface area contributed by atoms with Crippen LogP contribution in [0.2, 0.25) is 0 Å². The van der Waals surface area contributed by atoms with E-state index in [4.69, 9.17) is 4.74 Å². The first-order chi connectivity index (χ1) is 8.17. The number of ether oxygens (including phenoxy) is 1. The van der Waals surface area contributed by atoms with E-state index in [0.29, 0.717) is 5.92 Å². The smallest absolute Gasteiger partial charge is 0.0914 e. The van der Waals surface area contributed by atoms with Crippen molar-refractivity contribution in [2.24, 2.45) is 5.92 Å². The van der Waals surface area contributed by atoms with Gasteiger partial charge < -0.3 is 4.74 Å². The molecule has 1 aromatic carbocycles. The Kier molecular flexibility index (Phi) is 7.71. The fourth-order valence-corrected chi connectivity index (χ4v) is 2.79. The van der Waals surface area contributed by atoms with Crippen LogP contribution in [-0.2, 0) is 4.74 Å². The van der Waals surface area contributed by atoms with Crippen LogP contribution in [0.25, 0.3) is 0 Å². The van der Waals surface area contributed by atoms with Crippen LogP contribution in [0, 0.1) is 5.92 Å². The first-order valence-electron chi connectivity index (χ1n) is 6.10. The Balaban J connectivity index is 2.51. The van der Waals surface area contributed by atoms with E-state index in [9.17, 15) is 0 Å². The third-order valence-electron chi connectivity index (χ3n) is 2.75. The topological polar surface area (TPSA) is 9.23 Å². The van der Waals surface area contributed by atoms with Crippen LogP contribution in [0.5, 0.6) is 0 Å². The molecule has 0 saturated heterocycles. The molecule has 3 heteroatoms. The first-order valence-corrected chi connectivity index (χ1v) is 8.42. The van der Waals surface area contributed by atoms with Crippen LogP contribution in [0.4, 0.5) is 0 Å². The zero-order chi connectivity index (χ0) is 12.7. The van der Waals surface area contributed by atoms with E-state index in [-0.39, 0.29) is 6.10 Å². The highest BCUT2D eigenvalue weighted by Crippen LogP contribution is 2.23. The molecule has 0 aromatic heterocycles. The molecule has 0 amide bonds. The molecular weight excluding hydrogens is 391 g/mol. The molecule has 0 aliphatic carbocycles. The van der Waals surface area contributed by atoms with Gasteiger partial charge in [-0.25, -0.2) is 0 Å². The normalized spacial score (nSPS) is 14.6. The van der Waals surface area contributed by atoms with Gasteiger partial charge in [-0.2, -0.15) is 0 Å². The van der Waals surface area contributed by atoms with Gasteiger partial charge in [0.05, 0.1) is 6.10 Å². The summed E-state index contributed by atoms with van der Waals surface area (Å²) in [5, 5.41) is 0. The maximum Gasteiger partial charge on any atom is 0.0914 e. The molecule has 96 valence electrons. The molecule has 17 heavy (non-hydrogen) atoms. The summed E-state index contributed by atoms with van der Waals surface area (Å²) in [5.74, 6) is 0.654. The molecular formula is C14H20BrIO. The van der Waals surface area contributed by atoms with Crippen LogP contribution >= 0.6 is 38.5 Å². The van der Waals surface area contributed by atoms with Crippen molar-refractivity contribution in [1.29, 1.82) is 0 Å². The highest BCUT2D eigenvalue weighted by atomic mass is 127. The molecule has 1 rings (SSSR count). The Bertz CT molecular complexity index is 313. The van der Waals surface area contributed by atoms with Crippen LogP contribution < -0.4 is 0 Å². The van der Waals surface area contributed by atoms with Gasteiger partial charge >= 0.3 is 0 Å². The van der Waals surface area contributed by atoms with Crippen molar-refractivity contribution >= 4 is 38.5 Å². The minimum absolute atomic E-state index is 0.225. The second-order valence-corrected chi connectivity index (χ2v) is 6.22. The molecule has 0 heterocycles. The Morgan fingerprint density at radius 1 is 1.29 bits per heavy atom. The second kappa shape index (κ2) is 8.48.